The topological polar surface area (TPSA) is 211 Å². The number of hydrogen-bond acceptors (Lipinski definition) is 14. The van der Waals surface area contributed by atoms with E-state index in [1.54, 1.807) is 32.0 Å². The molecule has 0 heterocycles. The molecule has 272 valence electrons. The number of hydrogen-bond donors (Lipinski definition) is 3. The van der Waals surface area contributed by atoms with Crippen LogP contribution in [0.1, 0.15) is 50.1 Å². The Hall–Kier alpha value is -5.97. The van der Waals surface area contributed by atoms with Gasteiger partial charge in [0.25, 0.3) is 6.47 Å². The Balaban J connectivity index is 1.78. The second-order valence-corrected chi connectivity index (χ2v) is 11.2. The number of phenols is 1. The molecule has 0 atom stereocenters. The van der Waals surface area contributed by atoms with Gasteiger partial charge < -0.3 is 38.3 Å². The largest absolute Gasteiger partial charge is 0.507 e. The molecule has 3 rings (SSSR count). The molecule has 0 saturated heterocycles. The van der Waals surface area contributed by atoms with Crippen molar-refractivity contribution in [2.75, 3.05) is 17.7 Å². The van der Waals surface area contributed by atoms with Gasteiger partial charge in [-0.2, -0.15) is 0 Å². The number of aryl methyl sites for hydroxylation is 2. The zero-order valence-corrected chi connectivity index (χ0v) is 29.0. The molecule has 2 amide bonds. The number of rotatable bonds is 17. The van der Waals surface area contributed by atoms with E-state index in [2.05, 4.69) is 10.6 Å². The van der Waals surface area contributed by atoms with Crippen LogP contribution in [0.2, 0.25) is 0 Å². The first-order chi connectivity index (χ1) is 25.2. The van der Waals surface area contributed by atoms with Gasteiger partial charge in [-0.15, -0.1) is 0 Å². The molecule has 3 aromatic rings. The molecule has 19 heteroatoms. The maximum absolute atomic E-state index is 13.0. The maximum atomic E-state index is 13.0. The zero-order chi connectivity index (χ0) is 39.1. The third-order valence-corrected chi connectivity index (χ3v) is 7.16. The molecule has 0 aromatic heterocycles. The number of ether oxygens (including phenoxy) is 7. The molecule has 0 bridgehead atoms. The van der Waals surface area contributed by atoms with Crippen LogP contribution in [0.3, 0.4) is 0 Å². The van der Waals surface area contributed by atoms with Crippen LogP contribution in [0.25, 0.3) is 0 Å². The number of aromatic hydroxyl groups is 1. The van der Waals surface area contributed by atoms with E-state index in [9.17, 15) is 33.9 Å². The highest BCUT2D eigenvalue weighted by Gasteiger charge is 2.19. The summed E-state index contributed by atoms with van der Waals surface area (Å²) in [4.78, 5) is 70.4. The summed E-state index contributed by atoms with van der Waals surface area (Å²) in [5.74, 6) is -3.46. The number of amides is 2. The number of phenolic OH excluding ortho intramolecular Hbond substituents is 1. The second kappa shape index (κ2) is 20.2. The van der Waals surface area contributed by atoms with E-state index in [-0.39, 0.29) is 67.8 Å². The van der Waals surface area contributed by atoms with Crippen LogP contribution < -0.4 is 10.6 Å². The zero-order valence-electron chi connectivity index (χ0n) is 29.0. The summed E-state index contributed by atoms with van der Waals surface area (Å²) in [5, 5.41) is 16.2. The van der Waals surface area contributed by atoms with Crippen molar-refractivity contribution in [3.63, 3.8) is 0 Å². The maximum Gasteiger partial charge on any atom is 0.411 e. The lowest BCUT2D eigenvalue weighted by atomic mass is 10.0. The van der Waals surface area contributed by atoms with Gasteiger partial charge in [0, 0.05) is 34.9 Å². The predicted octanol–water partition coefficient (Wildman–Crippen LogP) is 4.74. The molecular formula is C34H33B3N2O14. The number of benzene rings is 3. The molecule has 6 radical (unpaired) electrons. The van der Waals surface area contributed by atoms with E-state index in [1.165, 1.54) is 25.3 Å². The normalized spacial score (nSPS) is 10.4. The molecule has 0 saturated carbocycles. The van der Waals surface area contributed by atoms with Crippen LogP contribution in [0.5, 0.6) is 5.75 Å². The predicted molar refractivity (Wildman–Crippen MR) is 187 cm³/mol. The van der Waals surface area contributed by atoms with Crippen molar-refractivity contribution in [2.24, 2.45) is 0 Å². The van der Waals surface area contributed by atoms with Crippen molar-refractivity contribution in [2.45, 2.75) is 60.1 Å². The van der Waals surface area contributed by atoms with Gasteiger partial charge in [0.1, 0.15) is 45.4 Å². The quantitative estimate of drug-likeness (QED) is 0.0975. The highest BCUT2D eigenvalue weighted by atomic mass is 16.6. The lowest BCUT2D eigenvalue weighted by Crippen LogP contribution is -2.18. The Morgan fingerprint density at radius 2 is 1.04 bits per heavy atom. The van der Waals surface area contributed by atoms with Crippen molar-refractivity contribution in [1.29, 1.82) is 0 Å². The average molecular weight is 726 g/mol. The van der Waals surface area contributed by atoms with E-state index in [0.717, 1.165) is 0 Å². The first kappa shape index (κ1) is 41.5. The van der Waals surface area contributed by atoms with Gasteiger partial charge in [0.15, 0.2) is 0 Å². The van der Waals surface area contributed by atoms with Crippen LogP contribution in [0.4, 0.5) is 35.3 Å². The van der Waals surface area contributed by atoms with Gasteiger partial charge in [0.05, 0.1) is 18.0 Å². The molecule has 3 aromatic carbocycles. The molecular weight excluding hydrogens is 693 g/mol. The minimum Gasteiger partial charge on any atom is -0.507 e. The molecule has 0 aliphatic carbocycles. The fraction of sp³-hybridized carbons (Fsp3) is 0.294. The standard InChI is InChI=1S/C34H33B3N2O14/c1-18-4-22(12-48-17-40)28(23(5-18)13-50-31(36)43)39-34(46)53-16-26-9-21(10-47-3)8-25(29(26)41)15-52-33(45)38-27-19(2)6-20(11-49-30(35)42)7-24(27)14-51-32(37)44/h4-9,17,41H,10-16H2,1-3H3,(H,38,45)(H,39,46). The van der Waals surface area contributed by atoms with E-state index in [0.29, 0.717) is 38.9 Å². The minimum absolute atomic E-state index is 0.0829. The van der Waals surface area contributed by atoms with Crippen LogP contribution in [0.15, 0.2) is 36.4 Å². The molecule has 0 unspecified atom stereocenters. The second-order valence-electron chi connectivity index (χ2n) is 11.2. The summed E-state index contributed by atoms with van der Waals surface area (Å²) in [6.45, 7) is 1.72. The summed E-state index contributed by atoms with van der Waals surface area (Å²) in [6.07, 6.45) is -1.93. The van der Waals surface area contributed by atoms with Crippen LogP contribution in [-0.4, -0.2) is 72.0 Å². The lowest BCUT2D eigenvalue weighted by Gasteiger charge is -2.18. The first-order valence-electron chi connectivity index (χ1n) is 15.5. The Morgan fingerprint density at radius 3 is 1.55 bits per heavy atom. The molecule has 0 aliphatic rings. The van der Waals surface area contributed by atoms with Crippen molar-refractivity contribution in [1.82, 2.24) is 0 Å². The Labute approximate surface area is 307 Å². The third-order valence-electron chi connectivity index (χ3n) is 7.16. The summed E-state index contributed by atoms with van der Waals surface area (Å²) in [5.41, 5.74) is 3.86. The molecule has 16 nitrogen and oxygen atoms in total. The van der Waals surface area contributed by atoms with Crippen LogP contribution in [0, 0.1) is 13.8 Å². The number of nitrogens with one attached hydrogen (secondary N) is 2. The number of methoxy groups -OCH3 is 1. The number of anilines is 2. The van der Waals surface area contributed by atoms with E-state index in [4.69, 9.17) is 56.7 Å². The highest BCUT2D eigenvalue weighted by molar-refractivity contribution is 6.55. The lowest BCUT2D eigenvalue weighted by molar-refractivity contribution is -0.129. The summed E-state index contributed by atoms with van der Waals surface area (Å²) >= 11 is 0. The Bertz CT molecular complexity index is 1850. The molecule has 53 heavy (non-hydrogen) atoms. The average Bonchev–Trinajstić information content (AvgIpc) is 3.09. The van der Waals surface area contributed by atoms with Crippen molar-refractivity contribution in [3.05, 3.63) is 86.5 Å². The van der Waals surface area contributed by atoms with Gasteiger partial charge >= 0.3 is 12.2 Å². The molecule has 0 spiro atoms. The number of carbonyl (C=O) groups excluding carboxylic acids is 6. The van der Waals surface area contributed by atoms with Crippen molar-refractivity contribution >= 4 is 71.2 Å². The van der Waals surface area contributed by atoms with Crippen molar-refractivity contribution in [3.8, 4) is 5.75 Å². The number of carbonyl (C=O) groups is 6. The fourth-order valence-corrected chi connectivity index (χ4v) is 5.09. The van der Waals surface area contributed by atoms with Gasteiger partial charge in [-0.05, 0) is 48.7 Å². The van der Waals surface area contributed by atoms with Gasteiger partial charge in [-0.25, -0.2) is 9.59 Å². The summed E-state index contributed by atoms with van der Waals surface area (Å²) in [6, 6.07) is 9.42. The highest BCUT2D eigenvalue weighted by Crippen LogP contribution is 2.30. The smallest absolute Gasteiger partial charge is 0.411 e. The van der Waals surface area contributed by atoms with Gasteiger partial charge in [0.2, 0.25) is 41.1 Å². The third kappa shape index (κ3) is 13.3. The minimum atomic E-state index is -1.07. The van der Waals surface area contributed by atoms with Crippen LogP contribution >= 0.6 is 0 Å². The molecule has 0 aliphatic heterocycles. The molecule has 3 N–H and O–H groups in total. The molecule has 0 fully saturated rings. The van der Waals surface area contributed by atoms with E-state index in [1.807, 2.05) is 0 Å². The van der Waals surface area contributed by atoms with Crippen molar-refractivity contribution < 1.29 is 67.0 Å². The Morgan fingerprint density at radius 1 is 0.604 bits per heavy atom. The summed E-state index contributed by atoms with van der Waals surface area (Å²) < 4.78 is 35.5. The fourth-order valence-electron chi connectivity index (χ4n) is 5.09. The summed E-state index contributed by atoms with van der Waals surface area (Å²) in [7, 11) is 16.7. The van der Waals surface area contributed by atoms with Gasteiger partial charge in [-0.1, -0.05) is 23.8 Å². The Kier molecular flexibility index (Phi) is 15.8. The van der Waals surface area contributed by atoms with Gasteiger partial charge in [-0.3, -0.25) is 29.8 Å². The first-order valence-corrected chi connectivity index (χ1v) is 15.5. The monoisotopic (exact) mass is 726 g/mol. The van der Waals surface area contributed by atoms with E-state index >= 15 is 0 Å². The van der Waals surface area contributed by atoms with Crippen LogP contribution in [-0.2, 0) is 84.2 Å². The van der Waals surface area contributed by atoms with E-state index < -0.39 is 43.0 Å². The SMILES string of the molecule is [B]C(=O)OCc1cc(C)c(NC(=O)OCc2cc(COC)cc(COC(=O)Nc3c(COC=O)cc(C)cc3COC([B])=O)c2O)c(COC([B])=O)c1.